The normalized spacial score (nSPS) is 18.1. The lowest BCUT2D eigenvalue weighted by atomic mass is 9.88. The molecule has 0 saturated heterocycles. The summed E-state index contributed by atoms with van der Waals surface area (Å²) in [6.45, 7) is 0. The highest BCUT2D eigenvalue weighted by molar-refractivity contribution is 7.93. The van der Waals surface area contributed by atoms with Crippen LogP contribution in [0, 0.1) is 10.1 Å². The molecule has 1 aliphatic rings. The Balaban J connectivity index is 2.65. The van der Waals surface area contributed by atoms with E-state index in [1.807, 2.05) is 0 Å². The Kier molecular flexibility index (Phi) is 3.99. The summed E-state index contributed by atoms with van der Waals surface area (Å²) in [7, 11) is -4.21. The fraction of sp³-hybridized carbons (Fsp3) is 0.462. The number of nitrogens with two attached hydrogens (primary N) is 1. The van der Waals surface area contributed by atoms with Crippen LogP contribution < -0.4 is 5.73 Å². The van der Waals surface area contributed by atoms with Gasteiger partial charge in [-0.2, -0.15) is 0 Å². The van der Waals surface area contributed by atoms with Gasteiger partial charge >= 0.3 is 0 Å². The summed E-state index contributed by atoms with van der Waals surface area (Å²) >= 11 is 0. The highest BCUT2D eigenvalue weighted by Gasteiger charge is 2.52. The molecule has 0 unspecified atom stereocenters. The highest BCUT2D eigenvalue weighted by Crippen LogP contribution is 2.41. The molecule has 1 amide bonds. The first-order chi connectivity index (χ1) is 9.83. The zero-order valence-electron chi connectivity index (χ0n) is 11.3. The predicted octanol–water partition coefficient (Wildman–Crippen LogP) is 1.56. The average Bonchev–Trinajstić information content (AvgIpc) is 2.47. The lowest BCUT2D eigenvalue weighted by Crippen LogP contribution is -2.51. The number of benzene rings is 1. The second kappa shape index (κ2) is 5.44. The summed E-state index contributed by atoms with van der Waals surface area (Å²) in [5.74, 6) is -0.930. The third kappa shape index (κ3) is 2.39. The SMILES string of the molecule is NC(=O)C1(S(=O)(=O)c2ccccc2[N+](=O)[O-])CCCCC1. The van der Waals surface area contributed by atoms with Crippen LogP contribution in [0.15, 0.2) is 29.2 Å². The van der Waals surface area contributed by atoms with Gasteiger partial charge in [0.2, 0.25) is 5.91 Å². The number of carbonyl (C=O) groups excluding carboxylic acids is 1. The maximum atomic E-state index is 12.9. The maximum absolute atomic E-state index is 12.9. The van der Waals surface area contributed by atoms with Gasteiger partial charge in [0.1, 0.15) is 4.90 Å². The summed E-state index contributed by atoms with van der Waals surface area (Å²) in [6.07, 6.45) is 2.15. The minimum absolute atomic E-state index is 0.108. The molecule has 1 saturated carbocycles. The summed E-state index contributed by atoms with van der Waals surface area (Å²) in [5, 5.41) is 11.1. The molecule has 0 bridgehead atoms. The van der Waals surface area contributed by atoms with E-state index < -0.39 is 36.0 Å². The van der Waals surface area contributed by atoms with Crippen LogP contribution in [0.1, 0.15) is 32.1 Å². The number of carbonyl (C=O) groups is 1. The van der Waals surface area contributed by atoms with E-state index in [0.29, 0.717) is 12.8 Å². The number of hydrogen-bond acceptors (Lipinski definition) is 5. The smallest absolute Gasteiger partial charge is 0.288 e. The minimum Gasteiger partial charge on any atom is -0.368 e. The highest BCUT2D eigenvalue weighted by atomic mass is 32.2. The van der Waals surface area contributed by atoms with Crippen LogP contribution in [0.2, 0.25) is 0 Å². The molecule has 0 atom stereocenters. The molecule has 21 heavy (non-hydrogen) atoms. The van der Waals surface area contributed by atoms with Crippen molar-refractivity contribution < 1.29 is 18.1 Å². The number of nitro groups is 1. The fourth-order valence-corrected chi connectivity index (χ4v) is 5.00. The van der Waals surface area contributed by atoms with Crippen LogP contribution in [-0.4, -0.2) is 24.0 Å². The van der Waals surface area contributed by atoms with Gasteiger partial charge in [-0.25, -0.2) is 8.42 Å². The molecule has 1 fully saturated rings. The topological polar surface area (TPSA) is 120 Å². The van der Waals surface area contributed by atoms with E-state index >= 15 is 0 Å². The molecule has 0 heterocycles. The van der Waals surface area contributed by atoms with Gasteiger partial charge in [0.05, 0.1) is 4.92 Å². The van der Waals surface area contributed by atoms with Crippen molar-refractivity contribution in [3.05, 3.63) is 34.4 Å². The third-order valence-corrected chi connectivity index (χ3v) is 6.54. The number of amides is 1. The first kappa shape index (κ1) is 15.4. The maximum Gasteiger partial charge on any atom is 0.288 e. The van der Waals surface area contributed by atoms with Gasteiger partial charge in [-0.1, -0.05) is 31.4 Å². The Morgan fingerprint density at radius 1 is 1.19 bits per heavy atom. The zero-order chi connectivity index (χ0) is 15.7. The van der Waals surface area contributed by atoms with Crippen LogP contribution in [0.4, 0.5) is 5.69 Å². The van der Waals surface area contributed by atoms with E-state index in [-0.39, 0.29) is 12.8 Å². The van der Waals surface area contributed by atoms with Gasteiger partial charge in [0.15, 0.2) is 14.6 Å². The Morgan fingerprint density at radius 2 is 1.76 bits per heavy atom. The summed E-state index contributed by atoms with van der Waals surface area (Å²) < 4.78 is 24.0. The van der Waals surface area contributed by atoms with E-state index in [2.05, 4.69) is 0 Å². The van der Waals surface area contributed by atoms with Crippen molar-refractivity contribution >= 4 is 21.4 Å². The van der Waals surface area contributed by atoms with E-state index in [1.165, 1.54) is 12.1 Å². The number of primary amides is 1. The number of sulfone groups is 1. The third-order valence-electron chi connectivity index (χ3n) is 3.98. The summed E-state index contributed by atoms with van der Waals surface area (Å²) in [4.78, 5) is 21.7. The van der Waals surface area contributed by atoms with Crippen LogP contribution in [0.5, 0.6) is 0 Å². The number of para-hydroxylation sites is 1. The van der Waals surface area contributed by atoms with E-state index in [1.54, 1.807) is 0 Å². The van der Waals surface area contributed by atoms with Crippen LogP contribution in [0.3, 0.4) is 0 Å². The molecule has 0 aliphatic heterocycles. The molecule has 0 spiro atoms. The number of nitrogens with zero attached hydrogens (tertiary/aromatic N) is 1. The Labute approximate surface area is 122 Å². The van der Waals surface area contributed by atoms with Crippen molar-refractivity contribution in [1.82, 2.24) is 0 Å². The van der Waals surface area contributed by atoms with Crippen molar-refractivity contribution in [2.45, 2.75) is 41.7 Å². The Morgan fingerprint density at radius 3 is 2.29 bits per heavy atom. The molecule has 1 aliphatic carbocycles. The lowest BCUT2D eigenvalue weighted by molar-refractivity contribution is -0.387. The minimum atomic E-state index is -4.21. The van der Waals surface area contributed by atoms with Gasteiger partial charge in [-0.3, -0.25) is 14.9 Å². The number of nitro benzene ring substituents is 1. The molecule has 2 rings (SSSR count). The van der Waals surface area contributed by atoms with Crippen molar-refractivity contribution in [3.63, 3.8) is 0 Å². The number of hydrogen-bond donors (Lipinski definition) is 1. The molecular weight excluding hydrogens is 296 g/mol. The average molecular weight is 312 g/mol. The molecule has 8 heteroatoms. The standard InChI is InChI=1S/C13H16N2O5S/c14-12(16)13(8-4-1-5-9-13)21(19,20)11-7-3-2-6-10(11)15(17)18/h2-3,6-7H,1,4-5,8-9H2,(H2,14,16). The molecule has 1 aromatic carbocycles. The van der Waals surface area contributed by atoms with Crippen LogP contribution in [0.25, 0.3) is 0 Å². The summed E-state index contributed by atoms with van der Waals surface area (Å²) in [6, 6.07) is 5.06. The Bertz CT molecular complexity index is 678. The molecule has 0 radical (unpaired) electrons. The Hall–Kier alpha value is -1.96. The van der Waals surface area contributed by atoms with Gasteiger partial charge in [-0.15, -0.1) is 0 Å². The van der Waals surface area contributed by atoms with Crippen molar-refractivity contribution in [1.29, 1.82) is 0 Å². The summed E-state index contributed by atoms with van der Waals surface area (Å²) in [5.41, 5.74) is 4.84. The second-order valence-corrected chi connectivity index (χ2v) is 7.38. The quantitative estimate of drug-likeness (QED) is 0.668. The van der Waals surface area contributed by atoms with Gasteiger partial charge < -0.3 is 5.73 Å². The molecule has 2 N–H and O–H groups in total. The van der Waals surface area contributed by atoms with Crippen LogP contribution >= 0.6 is 0 Å². The predicted molar refractivity (Wildman–Crippen MR) is 75.3 cm³/mol. The van der Waals surface area contributed by atoms with Crippen molar-refractivity contribution in [2.75, 3.05) is 0 Å². The molecule has 1 aromatic rings. The number of rotatable bonds is 4. The van der Waals surface area contributed by atoms with Crippen molar-refractivity contribution in [2.24, 2.45) is 5.73 Å². The molecular formula is C13H16N2O5S. The van der Waals surface area contributed by atoms with E-state index in [9.17, 15) is 23.3 Å². The zero-order valence-corrected chi connectivity index (χ0v) is 12.1. The van der Waals surface area contributed by atoms with Gasteiger partial charge in [-0.05, 0) is 18.9 Å². The lowest BCUT2D eigenvalue weighted by Gasteiger charge is -2.33. The van der Waals surface area contributed by atoms with E-state index in [4.69, 9.17) is 5.73 Å². The molecule has 7 nitrogen and oxygen atoms in total. The van der Waals surface area contributed by atoms with E-state index in [0.717, 1.165) is 18.6 Å². The first-order valence-corrected chi connectivity index (χ1v) is 8.09. The van der Waals surface area contributed by atoms with Gasteiger partial charge in [0, 0.05) is 6.07 Å². The fourth-order valence-electron chi connectivity index (χ4n) is 2.82. The first-order valence-electron chi connectivity index (χ1n) is 6.61. The van der Waals surface area contributed by atoms with Crippen molar-refractivity contribution in [3.8, 4) is 0 Å². The monoisotopic (exact) mass is 312 g/mol. The van der Waals surface area contributed by atoms with Gasteiger partial charge in [0.25, 0.3) is 5.69 Å². The van der Waals surface area contributed by atoms with Crippen LogP contribution in [-0.2, 0) is 14.6 Å². The molecule has 0 aromatic heterocycles. The second-order valence-electron chi connectivity index (χ2n) is 5.15. The molecule has 114 valence electrons. The largest absolute Gasteiger partial charge is 0.368 e.